The van der Waals surface area contributed by atoms with E-state index in [-0.39, 0.29) is 11.3 Å². The minimum atomic E-state index is -4.81. The van der Waals surface area contributed by atoms with Gasteiger partial charge < -0.3 is 15.2 Å². The number of aliphatic carboxylic acids is 1. The molecule has 1 atom stereocenters. The summed E-state index contributed by atoms with van der Waals surface area (Å²) in [5, 5.41) is 11.7. The van der Waals surface area contributed by atoms with Crippen LogP contribution >= 0.6 is 11.8 Å². The van der Waals surface area contributed by atoms with Gasteiger partial charge in [0.25, 0.3) is 5.91 Å². The molecule has 22 heavy (non-hydrogen) atoms. The van der Waals surface area contributed by atoms with Crippen LogP contribution in [0.25, 0.3) is 0 Å². The Morgan fingerprint density at radius 2 is 1.91 bits per heavy atom. The number of hydrogen-bond donors (Lipinski definition) is 2. The van der Waals surface area contributed by atoms with Gasteiger partial charge in [0.05, 0.1) is 0 Å². The van der Waals surface area contributed by atoms with Crippen LogP contribution in [0.4, 0.5) is 13.2 Å². The van der Waals surface area contributed by atoms with E-state index in [1.165, 1.54) is 11.8 Å². The van der Waals surface area contributed by atoms with Crippen LogP contribution in [0.15, 0.2) is 24.3 Å². The summed E-state index contributed by atoms with van der Waals surface area (Å²) in [6.45, 7) is 0. The van der Waals surface area contributed by atoms with Gasteiger partial charge in [-0.1, -0.05) is 0 Å². The molecule has 2 rings (SSSR count). The van der Waals surface area contributed by atoms with Crippen molar-refractivity contribution in [2.75, 3.05) is 11.5 Å². The third-order valence-corrected chi connectivity index (χ3v) is 4.32. The number of hydrogen-bond acceptors (Lipinski definition) is 4. The topological polar surface area (TPSA) is 75.6 Å². The van der Waals surface area contributed by atoms with E-state index in [2.05, 4.69) is 10.1 Å². The molecule has 1 aliphatic heterocycles. The second-order valence-corrected chi connectivity index (χ2v) is 5.82. The van der Waals surface area contributed by atoms with Gasteiger partial charge >= 0.3 is 12.3 Å². The summed E-state index contributed by atoms with van der Waals surface area (Å²) in [6, 6.07) is 4.29. The number of amides is 1. The molecule has 9 heteroatoms. The maximum atomic E-state index is 12.1. The zero-order valence-corrected chi connectivity index (χ0v) is 12.0. The van der Waals surface area contributed by atoms with Crippen molar-refractivity contribution in [1.82, 2.24) is 5.32 Å². The second-order valence-electron chi connectivity index (χ2n) is 4.72. The summed E-state index contributed by atoms with van der Waals surface area (Å²) in [4.78, 5) is 23.4. The molecule has 120 valence electrons. The highest BCUT2D eigenvalue weighted by Crippen LogP contribution is 2.29. The highest BCUT2D eigenvalue weighted by atomic mass is 32.2. The van der Waals surface area contributed by atoms with Gasteiger partial charge in [0.1, 0.15) is 11.3 Å². The summed E-state index contributed by atoms with van der Waals surface area (Å²) in [6.07, 6.45) is -4.51. The van der Waals surface area contributed by atoms with Crippen LogP contribution in [0.3, 0.4) is 0 Å². The number of carbonyl (C=O) groups is 2. The molecule has 1 aliphatic rings. The average Bonchev–Trinajstić information content (AvgIpc) is 2.87. The van der Waals surface area contributed by atoms with Crippen molar-refractivity contribution in [3.63, 3.8) is 0 Å². The third kappa shape index (κ3) is 3.85. The van der Waals surface area contributed by atoms with Gasteiger partial charge in [0.2, 0.25) is 0 Å². The SMILES string of the molecule is O=C(NC1(C(=O)O)CCSC1)c1ccc(OC(F)(F)F)cc1. The number of carboxylic acid groups (broad SMARTS) is 1. The first-order chi connectivity index (χ1) is 10.2. The maximum absolute atomic E-state index is 12.1. The molecule has 0 bridgehead atoms. The van der Waals surface area contributed by atoms with Crippen LogP contribution in [0, 0.1) is 0 Å². The highest BCUT2D eigenvalue weighted by molar-refractivity contribution is 7.99. The number of ether oxygens (including phenoxy) is 1. The first-order valence-electron chi connectivity index (χ1n) is 6.21. The lowest BCUT2D eigenvalue weighted by molar-refractivity contribution is -0.274. The maximum Gasteiger partial charge on any atom is 0.573 e. The van der Waals surface area contributed by atoms with Crippen LogP contribution in [0.5, 0.6) is 5.75 Å². The zero-order valence-electron chi connectivity index (χ0n) is 11.1. The van der Waals surface area contributed by atoms with Gasteiger partial charge in [-0.25, -0.2) is 4.79 Å². The Morgan fingerprint density at radius 1 is 1.27 bits per heavy atom. The van der Waals surface area contributed by atoms with Crippen LogP contribution in [0.1, 0.15) is 16.8 Å². The van der Waals surface area contributed by atoms with E-state index >= 15 is 0 Å². The standard InChI is InChI=1S/C13H12F3NO4S/c14-13(15,16)21-9-3-1-8(2-4-9)10(18)17-12(11(19)20)5-6-22-7-12/h1-4H,5-7H2,(H,17,18)(H,19,20). The number of nitrogens with one attached hydrogen (secondary N) is 1. The fourth-order valence-corrected chi connectivity index (χ4v) is 3.31. The molecular weight excluding hydrogens is 323 g/mol. The predicted molar refractivity (Wildman–Crippen MR) is 72.9 cm³/mol. The molecule has 0 spiro atoms. The largest absolute Gasteiger partial charge is 0.573 e. The minimum absolute atomic E-state index is 0.0621. The average molecular weight is 335 g/mol. The summed E-state index contributed by atoms with van der Waals surface area (Å²) in [5.74, 6) is -1.35. The molecule has 0 saturated carbocycles. The molecule has 1 fully saturated rings. The number of alkyl halides is 3. The van der Waals surface area contributed by atoms with Crippen molar-refractivity contribution in [3.8, 4) is 5.75 Å². The quantitative estimate of drug-likeness (QED) is 0.883. The van der Waals surface area contributed by atoms with Crippen molar-refractivity contribution < 1.29 is 32.6 Å². The molecule has 0 aliphatic carbocycles. The lowest BCUT2D eigenvalue weighted by atomic mass is 9.98. The summed E-state index contributed by atoms with van der Waals surface area (Å²) in [5.41, 5.74) is -1.27. The lowest BCUT2D eigenvalue weighted by Gasteiger charge is -2.24. The van der Waals surface area contributed by atoms with Gasteiger partial charge in [-0.2, -0.15) is 11.8 Å². The van der Waals surface area contributed by atoms with Gasteiger partial charge in [-0.3, -0.25) is 4.79 Å². The van der Waals surface area contributed by atoms with E-state index in [9.17, 15) is 27.9 Å². The molecule has 0 aromatic heterocycles. The van der Waals surface area contributed by atoms with E-state index in [0.717, 1.165) is 24.3 Å². The number of rotatable bonds is 4. The van der Waals surface area contributed by atoms with Crippen LogP contribution in [-0.2, 0) is 4.79 Å². The first-order valence-corrected chi connectivity index (χ1v) is 7.37. The molecule has 1 amide bonds. The molecule has 5 nitrogen and oxygen atoms in total. The molecule has 1 heterocycles. The molecular formula is C13H12F3NO4S. The van der Waals surface area contributed by atoms with Gasteiger partial charge in [0.15, 0.2) is 0 Å². The Hall–Kier alpha value is -1.90. The van der Waals surface area contributed by atoms with Crippen molar-refractivity contribution >= 4 is 23.6 Å². The van der Waals surface area contributed by atoms with Crippen LogP contribution in [-0.4, -0.2) is 40.4 Å². The predicted octanol–water partition coefficient (Wildman–Crippen LogP) is 2.28. The summed E-state index contributed by atoms with van der Waals surface area (Å²) in [7, 11) is 0. The van der Waals surface area contributed by atoms with Gasteiger partial charge in [0, 0.05) is 11.3 Å². The third-order valence-electron chi connectivity index (χ3n) is 3.13. The van der Waals surface area contributed by atoms with E-state index in [4.69, 9.17) is 0 Å². The minimum Gasteiger partial charge on any atom is -0.479 e. The summed E-state index contributed by atoms with van der Waals surface area (Å²) >= 11 is 1.41. The number of carboxylic acids is 1. The first kappa shape index (κ1) is 16.5. The number of thioether (sulfide) groups is 1. The van der Waals surface area contributed by atoms with E-state index in [1.54, 1.807) is 0 Å². The molecule has 1 aromatic rings. The molecule has 1 aromatic carbocycles. The van der Waals surface area contributed by atoms with Crippen molar-refractivity contribution in [3.05, 3.63) is 29.8 Å². The van der Waals surface area contributed by atoms with Crippen LogP contribution in [0.2, 0.25) is 0 Å². The summed E-state index contributed by atoms with van der Waals surface area (Å²) < 4.78 is 39.8. The van der Waals surface area contributed by atoms with E-state index in [0.29, 0.717) is 12.2 Å². The highest BCUT2D eigenvalue weighted by Gasteiger charge is 2.43. The van der Waals surface area contributed by atoms with Crippen molar-refractivity contribution in [2.45, 2.75) is 18.3 Å². The number of benzene rings is 1. The number of halogens is 3. The van der Waals surface area contributed by atoms with E-state index in [1.807, 2.05) is 0 Å². The van der Waals surface area contributed by atoms with Crippen LogP contribution < -0.4 is 10.1 Å². The van der Waals surface area contributed by atoms with Crippen molar-refractivity contribution in [1.29, 1.82) is 0 Å². The Balaban J connectivity index is 2.08. The Kier molecular flexibility index (Phi) is 4.55. The number of carbonyl (C=O) groups excluding carboxylic acids is 1. The smallest absolute Gasteiger partial charge is 0.479 e. The van der Waals surface area contributed by atoms with Gasteiger partial charge in [-0.15, -0.1) is 13.2 Å². The lowest BCUT2D eigenvalue weighted by Crippen LogP contribution is -2.54. The van der Waals surface area contributed by atoms with Crippen molar-refractivity contribution in [2.24, 2.45) is 0 Å². The molecule has 0 radical (unpaired) electrons. The Morgan fingerprint density at radius 3 is 2.36 bits per heavy atom. The molecule has 1 unspecified atom stereocenters. The van der Waals surface area contributed by atoms with Gasteiger partial charge in [-0.05, 0) is 36.4 Å². The zero-order chi connectivity index (χ0) is 16.4. The normalized spacial score (nSPS) is 21.4. The fourth-order valence-electron chi connectivity index (χ4n) is 1.98. The Labute approximate surface area is 127 Å². The monoisotopic (exact) mass is 335 g/mol. The second kappa shape index (κ2) is 6.07. The molecule has 2 N–H and O–H groups in total. The Bertz CT molecular complexity index is 568. The molecule has 1 saturated heterocycles. The fraction of sp³-hybridized carbons (Fsp3) is 0.385. The van der Waals surface area contributed by atoms with E-state index < -0.39 is 29.5 Å².